The lowest BCUT2D eigenvalue weighted by molar-refractivity contribution is 0.993. The van der Waals surface area contributed by atoms with Gasteiger partial charge in [-0.3, -0.25) is 4.90 Å². The fourth-order valence-corrected chi connectivity index (χ4v) is 1.62. The molecule has 2 aromatic rings. The Hall–Kier alpha value is -2.41. The largest absolute Gasteiger partial charge is 0.265 e. The van der Waals surface area contributed by atoms with Gasteiger partial charge in [0.2, 0.25) is 0 Å². The maximum atomic E-state index is 8.74. The highest BCUT2D eigenvalue weighted by Crippen LogP contribution is 2.18. The van der Waals surface area contributed by atoms with Crippen LogP contribution in [0.1, 0.15) is 12.5 Å². The molecule has 2 rings (SSSR count). The lowest BCUT2D eigenvalue weighted by atomic mass is 10.1. The average molecular weight is 238 g/mol. The van der Waals surface area contributed by atoms with Crippen molar-refractivity contribution < 1.29 is 0 Å². The summed E-state index contributed by atoms with van der Waals surface area (Å²) in [6.07, 6.45) is 3.01. The average Bonchev–Trinajstić information content (AvgIpc) is 2.47. The molecule has 4 heteroatoms. The second kappa shape index (κ2) is 5.28. The molecule has 1 heterocycles. The molecular weight excluding hydrogens is 224 g/mol. The molecule has 0 spiro atoms. The third kappa shape index (κ3) is 2.46. The number of aromatic nitrogens is 2. The molecule has 0 unspecified atom stereocenters. The van der Waals surface area contributed by atoms with Crippen molar-refractivity contribution in [1.82, 2.24) is 10.2 Å². The molecule has 0 aliphatic heterocycles. The second-order valence-electron chi connectivity index (χ2n) is 3.99. The predicted molar refractivity (Wildman–Crippen MR) is 70.9 cm³/mol. The minimum Gasteiger partial charge on any atom is -0.265 e. The van der Waals surface area contributed by atoms with Crippen LogP contribution in [-0.4, -0.2) is 17.2 Å². The lowest BCUT2D eigenvalue weighted by Crippen LogP contribution is -2.10. The van der Waals surface area contributed by atoms with Crippen molar-refractivity contribution in [2.45, 2.75) is 13.3 Å². The summed E-state index contributed by atoms with van der Waals surface area (Å²) in [5.74, 6) is 0.548. The molecule has 0 radical (unpaired) electrons. The van der Waals surface area contributed by atoms with E-state index in [1.54, 1.807) is 13.1 Å². The summed E-state index contributed by atoms with van der Waals surface area (Å²) >= 11 is 0. The first-order valence-electron chi connectivity index (χ1n) is 5.81. The molecule has 90 valence electrons. The third-order valence-electron chi connectivity index (χ3n) is 2.80. The maximum Gasteiger partial charge on any atom is 0.185 e. The highest BCUT2D eigenvalue weighted by molar-refractivity contribution is 5.60. The number of rotatable bonds is 3. The lowest BCUT2D eigenvalue weighted by Gasteiger charge is -2.07. The summed E-state index contributed by atoms with van der Waals surface area (Å²) in [5.41, 5.74) is 3.14. The number of nitriles is 1. The number of hydrogen-bond donors (Lipinski definition) is 0. The first-order chi connectivity index (χ1) is 8.74. The van der Waals surface area contributed by atoms with Gasteiger partial charge in [0.05, 0.1) is 5.69 Å². The van der Waals surface area contributed by atoms with Crippen LogP contribution in [0.4, 0.5) is 5.82 Å². The zero-order valence-corrected chi connectivity index (χ0v) is 10.5. The van der Waals surface area contributed by atoms with Crippen LogP contribution in [0.15, 0.2) is 36.4 Å². The zero-order chi connectivity index (χ0) is 13.0. The van der Waals surface area contributed by atoms with Crippen molar-refractivity contribution in [2.24, 2.45) is 0 Å². The Morgan fingerprint density at radius 3 is 2.33 bits per heavy atom. The van der Waals surface area contributed by atoms with Crippen LogP contribution in [0, 0.1) is 11.5 Å². The van der Waals surface area contributed by atoms with E-state index in [1.165, 1.54) is 10.5 Å². The van der Waals surface area contributed by atoms with Crippen LogP contribution in [0.2, 0.25) is 0 Å². The first kappa shape index (κ1) is 12.1. The van der Waals surface area contributed by atoms with E-state index in [-0.39, 0.29) is 0 Å². The topological polar surface area (TPSA) is 52.8 Å². The van der Waals surface area contributed by atoms with Crippen molar-refractivity contribution >= 4 is 5.82 Å². The van der Waals surface area contributed by atoms with Crippen molar-refractivity contribution in [1.29, 1.82) is 5.26 Å². The van der Waals surface area contributed by atoms with Crippen molar-refractivity contribution in [3.05, 3.63) is 42.0 Å². The van der Waals surface area contributed by atoms with Gasteiger partial charge in [-0.2, -0.15) is 5.26 Å². The molecule has 0 saturated heterocycles. The molecule has 18 heavy (non-hydrogen) atoms. The van der Waals surface area contributed by atoms with Gasteiger partial charge < -0.3 is 0 Å². The third-order valence-corrected chi connectivity index (χ3v) is 2.80. The molecule has 0 amide bonds. The maximum absolute atomic E-state index is 8.74. The monoisotopic (exact) mass is 238 g/mol. The van der Waals surface area contributed by atoms with Crippen LogP contribution in [-0.2, 0) is 6.42 Å². The molecule has 0 atom stereocenters. The van der Waals surface area contributed by atoms with E-state index in [0.29, 0.717) is 5.82 Å². The Bertz CT molecular complexity index is 552. The number of hydrogen-bond acceptors (Lipinski definition) is 4. The van der Waals surface area contributed by atoms with Crippen LogP contribution >= 0.6 is 0 Å². The van der Waals surface area contributed by atoms with E-state index in [2.05, 4.69) is 29.3 Å². The quantitative estimate of drug-likeness (QED) is 0.609. The summed E-state index contributed by atoms with van der Waals surface area (Å²) in [5, 5.41) is 16.9. The summed E-state index contributed by atoms with van der Waals surface area (Å²) in [6.45, 7) is 2.13. The van der Waals surface area contributed by atoms with Gasteiger partial charge in [0.25, 0.3) is 0 Å². The summed E-state index contributed by atoms with van der Waals surface area (Å²) in [7, 11) is 1.65. The summed E-state index contributed by atoms with van der Waals surface area (Å²) in [4.78, 5) is 1.37. The van der Waals surface area contributed by atoms with Crippen LogP contribution in [0.25, 0.3) is 11.3 Å². The Balaban J connectivity index is 2.26. The van der Waals surface area contributed by atoms with Gasteiger partial charge in [-0.05, 0) is 24.1 Å². The number of nitrogens with zero attached hydrogens (tertiary/aromatic N) is 4. The fraction of sp³-hybridized carbons (Fsp3) is 0.214. The van der Waals surface area contributed by atoms with E-state index in [4.69, 9.17) is 5.26 Å². The number of aryl methyl sites for hydroxylation is 1. The molecule has 4 nitrogen and oxygen atoms in total. The van der Waals surface area contributed by atoms with E-state index in [0.717, 1.165) is 17.7 Å². The minimum absolute atomic E-state index is 0.548. The molecule has 0 aliphatic rings. The zero-order valence-electron chi connectivity index (χ0n) is 10.5. The van der Waals surface area contributed by atoms with Gasteiger partial charge in [0.1, 0.15) is 0 Å². The highest BCUT2D eigenvalue weighted by atomic mass is 15.2. The molecule has 0 aliphatic carbocycles. The van der Waals surface area contributed by atoms with Crippen molar-refractivity contribution in [2.75, 3.05) is 11.9 Å². The normalized spacial score (nSPS) is 9.83. The Kier molecular flexibility index (Phi) is 3.54. The van der Waals surface area contributed by atoms with E-state index < -0.39 is 0 Å². The summed E-state index contributed by atoms with van der Waals surface area (Å²) in [6, 6.07) is 11.9. The van der Waals surface area contributed by atoms with Gasteiger partial charge in [-0.1, -0.05) is 31.2 Å². The highest BCUT2D eigenvalue weighted by Gasteiger charge is 2.04. The molecule has 0 saturated carbocycles. The standard InChI is InChI=1S/C14H14N4/c1-3-11-4-6-12(7-5-11)13-8-9-14(17-16-13)18(2)10-15/h4-9H,3H2,1-2H3. The number of benzene rings is 1. The Morgan fingerprint density at radius 1 is 1.11 bits per heavy atom. The van der Waals surface area contributed by atoms with Crippen LogP contribution < -0.4 is 4.90 Å². The minimum atomic E-state index is 0.548. The SMILES string of the molecule is CCc1ccc(-c2ccc(N(C)C#N)nn2)cc1. The Labute approximate surface area is 107 Å². The summed E-state index contributed by atoms with van der Waals surface area (Å²) < 4.78 is 0. The van der Waals surface area contributed by atoms with E-state index >= 15 is 0 Å². The number of anilines is 1. The van der Waals surface area contributed by atoms with Gasteiger partial charge in [0.15, 0.2) is 12.0 Å². The molecule has 0 N–H and O–H groups in total. The predicted octanol–water partition coefficient (Wildman–Crippen LogP) is 2.62. The van der Waals surface area contributed by atoms with Gasteiger partial charge in [-0.15, -0.1) is 10.2 Å². The molecule has 0 bridgehead atoms. The van der Waals surface area contributed by atoms with E-state index in [1.807, 2.05) is 24.4 Å². The van der Waals surface area contributed by atoms with Gasteiger partial charge >= 0.3 is 0 Å². The second-order valence-corrected chi connectivity index (χ2v) is 3.99. The van der Waals surface area contributed by atoms with Crippen LogP contribution in [0.5, 0.6) is 0 Å². The van der Waals surface area contributed by atoms with Crippen molar-refractivity contribution in [3.63, 3.8) is 0 Å². The van der Waals surface area contributed by atoms with Crippen molar-refractivity contribution in [3.8, 4) is 17.5 Å². The first-order valence-corrected chi connectivity index (χ1v) is 5.81. The smallest absolute Gasteiger partial charge is 0.185 e. The Morgan fingerprint density at radius 2 is 1.83 bits per heavy atom. The van der Waals surface area contributed by atoms with Gasteiger partial charge in [0, 0.05) is 12.6 Å². The molecule has 1 aromatic heterocycles. The molecule has 0 fully saturated rings. The molecule has 1 aromatic carbocycles. The fourth-order valence-electron chi connectivity index (χ4n) is 1.62. The van der Waals surface area contributed by atoms with Crippen LogP contribution in [0.3, 0.4) is 0 Å². The molecular formula is C14H14N4. The van der Waals surface area contributed by atoms with Gasteiger partial charge in [-0.25, -0.2) is 0 Å². The van der Waals surface area contributed by atoms with E-state index in [9.17, 15) is 0 Å².